The van der Waals surface area contributed by atoms with Gasteiger partial charge in [-0.05, 0) is 79.4 Å². The number of carbonyl (C=O) groups is 2. The zero-order chi connectivity index (χ0) is 18.1. The second-order valence-corrected chi connectivity index (χ2v) is 8.77. The molecule has 4 aliphatic carbocycles. The van der Waals surface area contributed by atoms with E-state index < -0.39 is 0 Å². The van der Waals surface area contributed by atoms with Crippen molar-refractivity contribution in [3.8, 4) is 0 Å². The molecule has 4 saturated carbocycles. The summed E-state index contributed by atoms with van der Waals surface area (Å²) in [5, 5.41) is 5.55. The molecule has 1 aromatic carbocycles. The summed E-state index contributed by atoms with van der Waals surface area (Å²) in [6, 6.07) is 6.02. The molecule has 0 heterocycles. The van der Waals surface area contributed by atoms with Crippen LogP contribution in [0, 0.1) is 29.0 Å². The zero-order valence-corrected chi connectivity index (χ0v) is 15.1. The van der Waals surface area contributed by atoms with Gasteiger partial charge in [0.15, 0.2) is 0 Å². The molecule has 4 fully saturated rings. The normalized spacial score (nSPS) is 31.7. The lowest BCUT2D eigenvalue weighted by atomic mass is 9.49. The van der Waals surface area contributed by atoms with Gasteiger partial charge in [0, 0.05) is 13.0 Å². The lowest BCUT2D eigenvalue weighted by Gasteiger charge is -2.56. The van der Waals surface area contributed by atoms with Crippen LogP contribution < -0.4 is 10.6 Å². The quantitative estimate of drug-likeness (QED) is 0.821. The minimum absolute atomic E-state index is 0.00359. The van der Waals surface area contributed by atoms with Crippen LogP contribution in [0.25, 0.3) is 0 Å². The van der Waals surface area contributed by atoms with Gasteiger partial charge in [0.2, 0.25) is 11.8 Å². The first-order valence-corrected chi connectivity index (χ1v) is 9.77. The average molecular weight is 358 g/mol. The van der Waals surface area contributed by atoms with Crippen molar-refractivity contribution in [1.82, 2.24) is 10.6 Å². The number of rotatable bonds is 6. The molecule has 4 nitrogen and oxygen atoms in total. The van der Waals surface area contributed by atoms with Gasteiger partial charge in [-0.25, -0.2) is 4.39 Å². The number of halogens is 1. The lowest BCUT2D eigenvalue weighted by molar-refractivity contribution is -0.131. The number of amides is 2. The van der Waals surface area contributed by atoms with E-state index in [1.165, 1.54) is 50.7 Å². The molecule has 2 amide bonds. The minimum Gasteiger partial charge on any atom is -0.350 e. The molecule has 4 bridgehead atoms. The number of benzene rings is 1. The maximum absolute atomic E-state index is 12.9. The topological polar surface area (TPSA) is 58.2 Å². The third-order valence-electron chi connectivity index (χ3n) is 6.55. The van der Waals surface area contributed by atoms with Gasteiger partial charge in [-0.1, -0.05) is 12.1 Å². The molecule has 0 atom stereocenters. The van der Waals surface area contributed by atoms with Gasteiger partial charge in [-0.3, -0.25) is 9.59 Å². The number of nitrogens with one attached hydrogen (secondary N) is 2. The summed E-state index contributed by atoms with van der Waals surface area (Å²) in [6.45, 7) is 0.344. The van der Waals surface area contributed by atoms with Crippen LogP contribution in [-0.2, 0) is 16.1 Å². The fourth-order valence-electron chi connectivity index (χ4n) is 5.95. The molecule has 0 unspecified atom stereocenters. The van der Waals surface area contributed by atoms with Gasteiger partial charge in [-0.15, -0.1) is 0 Å². The standard InChI is InChI=1S/C21H27FN2O2/c22-18-3-1-14(2-4-18)12-23-20(26)13-24-19(25)11-21-8-15-5-16(9-21)7-17(6-15)10-21/h1-4,15-17H,5-13H2,(H,23,26)(H,24,25). The molecule has 5 heteroatoms. The summed E-state index contributed by atoms with van der Waals surface area (Å²) < 4.78 is 12.9. The molecule has 26 heavy (non-hydrogen) atoms. The number of hydrogen-bond donors (Lipinski definition) is 2. The van der Waals surface area contributed by atoms with Crippen LogP contribution in [0.15, 0.2) is 24.3 Å². The molecule has 0 saturated heterocycles. The molecule has 2 N–H and O–H groups in total. The molecule has 4 aliphatic rings. The molecule has 5 rings (SSSR count). The Morgan fingerprint density at radius 3 is 2.08 bits per heavy atom. The van der Waals surface area contributed by atoms with Gasteiger partial charge in [0.05, 0.1) is 6.54 Å². The summed E-state index contributed by atoms with van der Waals surface area (Å²) in [4.78, 5) is 24.4. The van der Waals surface area contributed by atoms with E-state index in [1.807, 2.05) is 0 Å². The van der Waals surface area contributed by atoms with Gasteiger partial charge < -0.3 is 10.6 Å². The predicted molar refractivity (Wildman–Crippen MR) is 96.5 cm³/mol. The SMILES string of the molecule is O=C(CNC(=O)CC12CC3CC(CC(C3)C1)C2)NCc1ccc(F)cc1. The van der Waals surface area contributed by atoms with Gasteiger partial charge in [-0.2, -0.15) is 0 Å². The van der Waals surface area contributed by atoms with Crippen LogP contribution in [0.3, 0.4) is 0 Å². The summed E-state index contributed by atoms with van der Waals surface area (Å²) in [6.07, 6.45) is 8.27. The summed E-state index contributed by atoms with van der Waals surface area (Å²) >= 11 is 0. The van der Waals surface area contributed by atoms with E-state index in [2.05, 4.69) is 10.6 Å². The zero-order valence-electron chi connectivity index (χ0n) is 15.1. The molecule has 0 aromatic heterocycles. The molecule has 0 spiro atoms. The van der Waals surface area contributed by atoms with Crippen molar-refractivity contribution in [3.05, 3.63) is 35.6 Å². The van der Waals surface area contributed by atoms with E-state index in [0.717, 1.165) is 23.3 Å². The third kappa shape index (κ3) is 3.92. The molecule has 0 radical (unpaired) electrons. The van der Waals surface area contributed by atoms with Crippen LogP contribution in [0.2, 0.25) is 0 Å². The fraction of sp³-hybridized carbons (Fsp3) is 0.619. The maximum atomic E-state index is 12.9. The van der Waals surface area contributed by atoms with Crippen molar-refractivity contribution in [1.29, 1.82) is 0 Å². The van der Waals surface area contributed by atoms with Gasteiger partial charge in [0.25, 0.3) is 0 Å². The van der Waals surface area contributed by atoms with Crippen LogP contribution in [0.1, 0.15) is 50.5 Å². The number of carbonyl (C=O) groups excluding carboxylic acids is 2. The van der Waals surface area contributed by atoms with E-state index >= 15 is 0 Å². The molecule has 1 aromatic rings. The monoisotopic (exact) mass is 358 g/mol. The van der Waals surface area contributed by atoms with Crippen LogP contribution in [-0.4, -0.2) is 18.4 Å². The van der Waals surface area contributed by atoms with Crippen molar-refractivity contribution in [3.63, 3.8) is 0 Å². The van der Waals surface area contributed by atoms with Gasteiger partial charge in [0.1, 0.15) is 5.82 Å². The molecule has 0 aliphatic heterocycles. The Hall–Kier alpha value is -1.91. The first-order chi connectivity index (χ1) is 12.5. The van der Waals surface area contributed by atoms with Crippen molar-refractivity contribution in [2.24, 2.45) is 23.2 Å². The maximum Gasteiger partial charge on any atom is 0.239 e. The largest absolute Gasteiger partial charge is 0.350 e. The third-order valence-corrected chi connectivity index (χ3v) is 6.55. The van der Waals surface area contributed by atoms with Crippen molar-refractivity contribution in [2.45, 2.75) is 51.5 Å². The highest BCUT2D eigenvalue weighted by Crippen LogP contribution is 2.61. The minimum atomic E-state index is -0.294. The Balaban J connectivity index is 1.21. The predicted octanol–water partition coefficient (Wildman–Crippen LogP) is 3.16. The fourth-order valence-corrected chi connectivity index (χ4v) is 5.95. The smallest absolute Gasteiger partial charge is 0.239 e. The molecular weight excluding hydrogens is 331 g/mol. The van der Waals surface area contributed by atoms with E-state index in [-0.39, 0.29) is 29.6 Å². The second kappa shape index (κ2) is 7.01. The first-order valence-electron chi connectivity index (χ1n) is 9.77. The van der Waals surface area contributed by atoms with Crippen molar-refractivity contribution >= 4 is 11.8 Å². The second-order valence-electron chi connectivity index (χ2n) is 8.77. The first kappa shape index (κ1) is 17.5. The summed E-state index contributed by atoms with van der Waals surface area (Å²) in [7, 11) is 0. The molecule has 140 valence electrons. The van der Waals surface area contributed by atoms with Crippen molar-refractivity contribution < 1.29 is 14.0 Å². The number of hydrogen-bond acceptors (Lipinski definition) is 2. The highest BCUT2D eigenvalue weighted by molar-refractivity contribution is 5.84. The van der Waals surface area contributed by atoms with Gasteiger partial charge >= 0.3 is 0 Å². The lowest BCUT2D eigenvalue weighted by Crippen LogP contribution is -2.48. The van der Waals surface area contributed by atoms with E-state index in [4.69, 9.17) is 0 Å². The average Bonchev–Trinajstić information content (AvgIpc) is 2.58. The van der Waals surface area contributed by atoms with E-state index in [0.29, 0.717) is 13.0 Å². The summed E-state index contributed by atoms with van der Waals surface area (Å²) in [5.74, 6) is 1.98. The molecular formula is C21H27FN2O2. The van der Waals surface area contributed by atoms with Crippen LogP contribution in [0.4, 0.5) is 4.39 Å². The van der Waals surface area contributed by atoms with E-state index in [9.17, 15) is 14.0 Å². The Morgan fingerprint density at radius 2 is 1.50 bits per heavy atom. The Morgan fingerprint density at radius 1 is 0.923 bits per heavy atom. The Kier molecular flexibility index (Phi) is 4.72. The highest BCUT2D eigenvalue weighted by Gasteiger charge is 2.51. The Bertz CT molecular complexity index is 650. The highest BCUT2D eigenvalue weighted by atomic mass is 19.1. The van der Waals surface area contributed by atoms with Crippen LogP contribution in [0.5, 0.6) is 0 Å². The summed E-state index contributed by atoms with van der Waals surface area (Å²) in [5.41, 5.74) is 1.03. The van der Waals surface area contributed by atoms with E-state index in [1.54, 1.807) is 12.1 Å². The Labute approximate surface area is 153 Å². The van der Waals surface area contributed by atoms with Crippen molar-refractivity contribution in [2.75, 3.05) is 6.54 Å². The van der Waals surface area contributed by atoms with Crippen LogP contribution >= 0.6 is 0 Å².